The summed E-state index contributed by atoms with van der Waals surface area (Å²) < 4.78 is 13.5. The molecular formula is C16H14FNO2. The van der Waals surface area contributed by atoms with E-state index in [1.165, 1.54) is 18.3 Å². The Kier molecular flexibility index (Phi) is 4.25. The molecule has 102 valence electrons. The minimum Gasteiger partial charge on any atom is -0.478 e. The molecule has 20 heavy (non-hydrogen) atoms. The highest BCUT2D eigenvalue weighted by Gasteiger charge is 2.02. The third-order valence-corrected chi connectivity index (χ3v) is 2.83. The average Bonchev–Trinajstić information content (AvgIpc) is 2.43. The first kappa shape index (κ1) is 13.9. The summed E-state index contributed by atoms with van der Waals surface area (Å²) in [5.74, 6) is -1.29. The van der Waals surface area contributed by atoms with E-state index in [9.17, 15) is 9.18 Å². The van der Waals surface area contributed by atoms with Crippen molar-refractivity contribution in [2.45, 2.75) is 13.5 Å². The van der Waals surface area contributed by atoms with E-state index in [2.05, 4.69) is 4.99 Å². The smallest absolute Gasteiger partial charge is 0.335 e. The zero-order valence-corrected chi connectivity index (χ0v) is 11.0. The normalized spacial score (nSPS) is 10.9. The van der Waals surface area contributed by atoms with Crippen LogP contribution < -0.4 is 0 Å². The largest absolute Gasteiger partial charge is 0.478 e. The molecule has 2 rings (SSSR count). The standard InChI is InChI=1S/C16H14FNO2/c1-11-5-6-15(17)14(7-11)10-18-9-12-3-2-4-13(8-12)16(19)20/h2-8,10H,9H2,1H3,(H,19,20). The number of benzene rings is 2. The molecule has 0 bridgehead atoms. The maximum atomic E-state index is 13.5. The average molecular weight is 271 g/mol. The number of hydrogen-bond acceptors (Lipinski definition) is 2. The number of aromatic carboxylic acids is 1. The molecule has 3 nitrogen and oxygen atoms in total. The van der Waals surface area contributed by atoms with Crippen LogP contribution in [-0.4, -0.2) is 17.3 Å². The molecule has 0 atom stereocenters. The van der Waals surface area contributed by atoms with Gasteiger partial charge in [0.05, 0.1) is 12.1 Å². The number of carbonyl (C=O) groups is 1. The number of aryl methyl sites for hydroxylation is 1. The van der Waals surface area contributed by atoms with Gasteiger partial charge >= 0.3 is 5.97 Å². The van der Waals surface area contributed by atoms with Gasteiger partial charge in [-0.1, -0.05) is 23.8 Å². The fraction of sp³-hybridized carbons (Fsp3) is 0.125. The Labute approximate surface area is 116 Å². The number of carboxylic acids is 1. The Morgan fingerprint density at radius 1 is 1.30 bits per heavy atom. The lowest BCUT2D eigenvalue weighted by Gasteiger charge is -2.00. The summed E-state index contributed by atoms with van der Waals surface area (Å²) >= 11 is 0. The molecule has 0 fully saturated rings. The highest BCUT2D eigenvalue weighted by atomic mass is 19.1. The number of rotatable bonds is 4. The number of hydrogen-bond donors (Lipinski definition) is 1. The molecule has 4 heteroatoms. The van der Waals surface area contributed by atoms with E-state index in [-0.39, 0.29) is 11.4 Å². The van der Waals surface area contributed by atoms with E-state index in [0.717, 1.165) is 11.1 Å². The van der Waals surface area contributed by atoms with Crippen LogP contribution in [0.4, 0.5) is 4.39 Å². The van der Waals surface area contributed by atoms with Crippen LogP contribution in [0, 0.1) is 12.7 Å². The molecular weight excluding hydrogens is 257 g/mol. The second-order valence-electron chi connectivity index (χ2n) is 4.50. The molecule has 0 aliphatic heterocycles. The number of halogens is 1. The first-order valence-corrected chi connectivity index (χ1v) is 6.14. The zero-order valence-electron chi connectivity index (χ0n) is 11.0. The number of aliphatic imine (C=N–C) groups is 1. The second-order valence-corrected chi connectivity index (χ2v) is 4.50. The van der Waals surface area contributed by atoms with E-state index in [0.29, 0.717) is 12.1 Å². The summed E-state index contributed by atoms with van der Waals surface area (Å²) in [4.78, 5) is 15.0. The summed E-state index contributed by atoms with van der Waals surface area (Å²) in [6, 6.07) is 11.4. The minimum absolute atomic E-state index is 0.222. The first-order chi connectivity index (χ1) is 9.56. The van der Waals surface area contributed by atoms with Gasteiger partial charge in [-0.25, -0.2) is 9.18 Å². The van der Waals surface area contributed by atoms with Gasteiger partial charge in [-0.3, -0.25) is 4.99 Å². The quantitative estimate of drug-likeness (QED) is 0.866. The summed E-state index contributed by atoms with van der Waals surface area (Å²) in [7, 11) is 0. The monoisotopic (exact) mass is 271 g/mol. The van der Waals surface area contributed by atoms with E-state index in [1.807, 2.05) is 6.92 Å². The van der Waals surface area contributed by atoms with Gasteiger partial charge in [-0.05, 0) is 36.8 Å². The second kappa shape index (κ2) is 6.10. The van der Waals surface area contributed by atoms with Crippen molar-refractivity contribution in [3.05, 3.63) is 70.5 Å². The minimum atomic E-state index is -0.972. The third-order valence-electron chi connectivity index (χ3n) is 2.83. The van der Waals surface area contributed by atoms with Crippen LogP contribution >= 0.6 is 0 Å². The molecule has 0 heterocycles. The lowest BCUT2D eigenvalue weighted by molar-refractivity contribution is 0.0697. The fourth-order valence-electron chi connectivity index (χ4n) is 1.81. The van der Waals surface area contributed by atoms with Crippen molar-refractivity contribution in [3.63, 3.8) is 0 Å². The van der Waals surface area contributed by atoms with Crippen molar-refractivity contribution < 1.29 is 14.3 Å². The summed E-state index contributed by atoms with van der Waals surface area (Å²) in [5.41, 5.74) is 2.38. The van der Waals surface area contributed by atoms with E-state index in [1.54, 1.807) is 30.3 Å². The summed E-state index contributed by atoms with van der Waals surface area (Å²) in [6.45, 7) is 2.20. The predicted molar refractivity (Wildman–Crippen MR) is 75.8 cm³/mol. The Morgan fingerprint density at radius 2 is 2.10 bits per heavy atom. The van der Waals surface area contributed by atoms with E-state index >= 15 is 0 Å². The number of carboxylic acid groups (broad SMARTS) is 1. The van der Waals surface area contributed by atoms with Gasteiger partial charge in [0.2, 0.25) is 0 Å². The van der Waals surface area contributed by atoms with Gasteiger partial charge in [0.15, 0.2) is 0 Å². The zero-order chi connectivity index (χ0) is 14.5. The van der Waals surface area contributed by atoms with Crippen LogP contribution in [0.15, 0.2) is 47.5 Å². The van der Waals surface area contributed by atoms with Gasteiger partial charge < -0.3 is 5.11 Å². The van der Waals surface area contributed by atoms with Gasteiger partial charge in [0.1, 0.15) is 5.82 Å². The van der Waals surface area contributed by atoms with Crippen molar-refractivity contribution in [1.82, 2.24) is 0 Å². The molecule has 0 amide bonds. The molecule has 2 aromatic rings. The molecule has 0 saturated carbocycles. The fourth-order valence-corrected chi connectivity index (χ4v) is 1.81. The molecule has 0 aliphatic rings. The maximum Gasteiger partial charge on any atom is 0.335 e. The number of nitrogens with zero attached hydrogens (tertiary/aromatic N) is 1. The van der Waals surface area contributed by atoms with Crippen LogP contribution in [0.2, 0.25) is 0 Å². The van der Waals surface area contributed by atoms with Crippen LogP contribution in [0.1, 0.15) is 27.0 Å². The molecule has 0 aromatic heterocycles. The van der Waals surface area contributed by atoms with Gasteiger partial charge in [0, 0.05) is 11.8 Å². The SMILES string of the molecule is Cc1ccc(F)c(C=NCc2cccc(C(=O)O)c2)c1. The molecule has 1 N–H and O–H groups in total. The molecule has 0 aliphatic carbocycles. The van der Waals surface area contributed by atoms with Crippen LogP contribution in [0.5, 0.6) is 0 Å². The Balaban J connectivity index is 2.12. The molecule has 0 unspecified atom stereocenters. The summed E-state index contributed by atoms with van der Waals surface area (Å²) in [5, 5.41) is 8.89. The molecule has 0 saturated heterocycles. The van der Waals surface area contributed by atoms with Crippen LogP contribution in [0.25, 0.3) is 0 Å². The lowest BCUT2D eigenvalue weighted by atomic mass is 10.1. The van der Waals surface area contributed by atoms with Crippen molar-refractivity contribution >= 4 is 12.2 Å². The Hall–Kier alpha value is -2.49. The van der Waals surface area contributed by atoms with Gasteiger partial charge in [-0.2, -0.15) is 0 Å². The third kappa shape index (κ3) is 3.51. The molecule has 2 aromatic carbocycles. The molecule has 0 radical (unpaired) electrons. The van der Waals surface area contributed by atoms with Crippen molar-refractivity contribution in [3.8, 4) is 0 Å². The predicted octanol–water partition coefficient (Wildman–Crippen LogP) is 3.45. The lowest BCUT2D eigenvalue weighted by Crippen LogP contribution is -1.97. The van der Waals surface area contributed by atoms with Gasteiger partial charge in [0.25, 0.3) is 0 Å². The topological polar surface area (TPSA) is 49.7 Å². The highest BCUT2D eigenvalue weighted by Crippen LogP contribution is 2.09. The Morgan fingerprint density at radius 3 is 2.85 bits per heavy atom. The summed E-state index contributed by atoms with van der Waals surface area (Å²) in [6.07, 6.45) is 1.47. The molecule has 0 spiro atoms. The Bertz CT molecular complexity index is 665. The maximum absolute atomic E-state index is 13.5. The van der Waals surface area contributed by atoms with Crippen molar-refractivity contribution in [2.24, 2.45) is 4.99 Å². The van der Waals surface area contributed by atoms with E-state index < -0.39 is 5.97 Å². The first-order valence-electron chi connectivity index (χ1n) is 6.14. The van der Waals surface area contributed by atoms with Gasteiger partial charge in [-0.15, -0.1) is 0 Å². The highest BCUT2D eigenvalue weighted by molar-refractivity contribution is 5.87. The van der Waals surface area contributed by atoms with E-state index in [4.69, 9.17) is 5.11 Å². The van der Waals surface area contributed by atoms with Crippen molar-refractivity contribution in [1.29, 1.82) is 0 Å². The van der Waals surface area contributed by atoms with Crippen LogP contribution in [-0.2, 0) is 6.54 Å². The van der Waals surface area contributed by atoms with Crippen molar-refractivity contribution in [2.75, 3.05) is 0 Å². The van der Waals surface area contributed by atoms with Crippen LogP contribution in [0.3, 0.4) is 0 Å².